The predicted octanol–water partition coefficient (Wildman–Crippen LogP) is 12.1. The minimum atomic E-state index is 0.891. The molecule has 0 amide bonds. The first kappa shape index (κ1) is 26.0. The van der Waals surface area contributed by atoms with E-state index in [4.69, 9.17) is 4.42 Å². The summed E-state index contributed by atoms with van der Waals surface area (Å²) in [5, 5.41) is 7.22. The lowest BCUT2D eigenvalue weighted by Gasteiger charge is -2.09. The Hall–Kier alpha value is -6.32. The fourth-order valence-corrected chi connectivity index (χ4v) is 7.47. The summed E-state index contributed by atoms with van der Waals surface area (Å²) in [7, 11) is 0. The van der Waals surface area contributed by atoms with Gasteiger partial charge in [-0.25, -0.2) is 0 Å². The summed E-state index contributed by atoms with van der Waals surface area (Å²) in [6.07, 6.45) is 1.88. The van der Waals surface area contributed by atoms with Gasteiger partial charge in [-0.2, -0.15) is 0 Å². The number of rotatable bonds is 4. The first-order valence-corrected chi connectivity index (χ1v) is 16.0. The molecule has 7 aromatic carbocycles. The molecule has 0 fully saturated rings. The molecule has 220 valence electrons. The normalized spacial score (nSPS) is 11.9. The molecule has 10 aromatic rings. The van der Waals surface area contributed by atoms with Crippen LogP contribution in [0.4, 0.5) is 0 Å². The van der Waals surface area contributed by atoms with Gasteiger partial charge in [0.15, 0.2) is 0 Å². The summed E-state index contributed by atoms with van der Waals surface area (Å²) in [5.74, 6) is 0. The van der Waals surface area contributed by atoms with E-state index in [1.54, 1.807) is 0 Å². The van der Waals surface area contributed by atoms with Gasteiger partial charge >= 0.3 is 0 Å². The Balaban J connectivity index is 1.15. The summed E-state index contributed by atoms with van der Waals surface area (Å²) in [4.78, 5) is 0. The van der Waals surface area contributed by atoms with Crippen LogP contribution in [0.3, 0.4) is 0 Å². The van der Waals surface area contributed by atoms with E-state index in [-0.39, 0.29) is 0 Å². The third-order valence-electron chi connectivity index (χ3n) is 9.68. The van der Waals surface area contributed by atoms with Crippen LogP contribution in [0.5, 0.6) is 0 Å². The Labute approximate surface area is 270 Å². The molecule has 0 atom stereocenters. The zero-order chi connectivity index (χ0) is 31.1. The van der Waals surface area contributed by atoms with E-state index in [0.29, 0.717) is 0 Å². The quantitative estimate of drug-likeness (QED) is 0.197. The first-order chi connectivity index (χ1) is 23.2. The molecule has 0 bridgehead atoms. The van der Waals surface area contributed by atoms with Crippen molar-refractivity contribution < 1.29 is 4.42 Å². The van der Waals surface area contributed by atoms with Crippen molar-refractivity contribution in [3.8, 4) is 22.5 Å². The highest BCUT2D eigenvalue weighted by Crippen LogP contribution is 2.39. The Morgan fingerprint density at radius 3 is 1.51 bits per heavy atom. The van der Waals surface area contributed by atoms with Crippen LogP contribution in [0.2, 0.25) is 0 Å². The standard InChI is InChI=1S/C44H28N2O/c1-2-28-15-19-31(20-16-28)45-41-14-8-5-11-35(41)36-25-29(17-22-42(36)45)30-18-23-43-37(26-30)38-27-32(21-24-44(38)47-43)46-39-12-6-3-9-33(39)34-10-4-7-13-40(34)46/h2-27H,1H2. The van der Waals surface area contributed by atoms with Gasteiger partial charge in [-0.3, -0.25) is 0 Å². The van der Waals surface area contributed by atoms with Gasteiger partial charge in [-0.1, -0.05) is 91.5 Å². The highest BCUT2D eigenvalue weighted by atomic mass is 16.3. The minimum absolute atomic E-state index is 0.891. The van der Waals surface area contributed by atoms with Crippen molar-refractivity contribution in [3.05, 3.63) is 164 Å². The van der Waals surface area contributed by atoms with Crippen LogP contribution in [0.15, 0.2) is 163 Å². The second kappa shape index (κ2) is 9.84. The number of hydrogen-bond acceptors (Lipinski definition) is 1. The van der Waals surface area contributed by atoms with Gasteiger partial charge in [0.1, 0.15) is 11.2 Å². The van der Waals surface area contributed by atoms with E-state index in [9.17, 15) is 0 Å². The van der Waals surface area contributed by atoms with Crippen molar-refractivity contribution >= 4 is 71.6 Å². The minimum Gasteiger partial charge on any atom is -0.456 e. The van der Waals surface area contributed by atoms with Crippen LogP contribution in [0.1, 0.15) is 5.56 Å². The van der Waals surface area contributed by atoms with Gasteiger partial charge in [-0.05, 0) is 89.5 Å². The number of para-hydroxylation sites is 3. The summed E-state index contributed by atoms with van der Waals surface area (Å²) < 4.78 is 11.1. The molecule has 0 N–H and O–H groups in total. The molecule has 3 nitrogen and oxygen atoms in total. The molecular formula is C44H28N2O. The van der Waals surface area contributed by atoms with Crippen LogP contribution in [0, 0.1) is 0 Å². The van der Waals surface area contributed by atoms with Crippen LogP contribution in [-0.2, 0) is 0 Å². The molecule has 3 aromatic heterocycles. The molecule has 47 heavy (non-hydrogen) atoms. The summed E-state index contributed by atoms with van der Waals surface area (Å²) in [6, 6.07) is 54.5. The molecule has 0 aliphatic carbocycles. The van der Waals surface area contributed by atoms with Gasteiger partial charge < -0.3 is 13.6 Å². The van der Waals surface area contributed by atoms with Gasteiger partial charge in [-0.15, -0.1) is 0 Å². The monoisotopic (exact) mass is 600 g/mol. The maximum Gasteiger partial charge on any atom is 0.135 e. The second-order valence-corrected chi connectivity index (χ2v) is 12.2. The summed E-state index contributed by atoms with van der Waals surface area (Å²) in [5.41, 5.74) is 12.3. The van der Waals surface area contributed by atoms with E-state index in [1.807, 2.05) is 6.08 Å². The third-order valence-corrected chi connectivity index (χ3v) is 9.68. The molecule has 0 aliphatic heterocycles. The van der Waals surface area contributed by atoms with Gasteiger partial charge in [0.05, 0.1) is 22.1 Å². The fraction of sp³-hybridized carbons (Fsp3) is 0. The van der Waals surface area contributed by atoms with Crippen molar-refractivity contribution in [2.45, 2.75) is 0 Å². The van der Waals surface area contributed by atoms with Crippen LogP contribution in [-0.4, -0.2) is 9.13 Å². The Kier molecular flexibility index (Phi) is 5.43. The fourth-order valence-electron chi connectivity index (χ4n) is 7.47. The number of hydrogen-bond donors (Lipinski definition) is 0. The highest BCUT2D eigenvalue weighted by molar-refractivity contribution is 6.12. The largest absolute Gasteiger partial charge is 0.456 e. The molecule has 0 spiro atoms. The average molecular weight is 601 g/mol. The van der Waals surface area contributed by atoms with Crippen molar-refractivity contribution in [1.82, 2.24) is 9.13 Å². The van der Waals surface area contributed by atoms with Crippen molar-refractivity contribution in [1.29, 1.82) is 0 Å². The zero-order valence-electron chi connectivity index (χ0n) is 25.5. The van der Waals surface area contributed by atoms with Gasteiger partial charge in [0.25, 0.3) is 0 Å². The Morgan fingerprint density at radius 2 is 0.872 bits per heavy atom. The van der Waals surface area contributed by atoms with Crippen LogP contribution < -0.4 is 0 Å². The van der Waals surface area contributed by atoms with E-state index < -0.39 is 0 Å². The molecular weight excluding hydrogens is 572 g/mol. The number of benzene rings is 7. The highest BCUT2D eigenvalue weighted by Gasteiger charge is 2.16. The lowest BCUT2D eigenvalue weighted by molar-refractivity contribution is 0.669. The Bertz CT molecular complexity index is 2810. The van der Waals surface area contributed by atoms with Crippen LogP contribution >= 0.6 is 0 Å². The molecule has 0 radical (unpaired) electrons. The maximum absolute atomic E-state index is 6.37. The number of nitrogens with zero attached hydrogens (tertiary/aromatic N) is 2. The average Bonchev–Trinajstić information content (AvgIpc) is 3.78. The lowest BCUT2D eigenvalue weighted by Crippen LogP contribution is -1.93. The van der Waals surface area contributed by atoms with Crippen molar-refractivity contribution in [3.63, 3.8) is 0 Å². The van der Waals surface area contributed by atoms with Crippen molar-refractivity contribution in [2.75, 3.05) is 0 Å². The van der Waals surface area contributed by atoms with E-state index in [0.717, 1.165) is 44.4 Å². The molecule has 0 unspecified atom stereocenters. The van der Waals surface area contributed by atoms with Crippen molar-refractivity contribution in [2.24, 2.45) is 0 Å². The number of fused-ring (bicyclic) bond motifs is 9. The SMILES string of the molecule is C=Cc1ccc(-n2c3ccccc3c3cc(-c4ccc5oc6ccc(-n7c8ccccc8c8ccccc87)cc6c5c4)ccc32)cc1. The molecule has 0 saturated carbocycles. The smallest absolute Gasteiger partial charge is 0.135 e. The molecule has 0 saturated heterocycles. The number of furan rings is 1. The Morgan fingerprint density at radius 1 is 0.404 bits per heavy atom. The van der Waals surface area contributed by atoms with E-state index in [2.05, 4.69) is 167 Å². The molecule has 0 aliphatic rings. The predicted molar refractivity (Wildman–Crippen MR) is 198 cm³/mol. The summed E-state index contributed by atoms with van der Waals surface area (Å²) >= 11 is 0. The molecule has 3 heteroatoms. The van der Waals surface area contributed by atoms with E-state index >= 15 is 0 Å². The summed E-state index contributed by atoms with van der Waals surface area (Å²) in [6.45, 7) is 3.92. The van der Waals surface area contributed by atoms with Gasteiger partial charge in [0.2, 0.25) is 0 Å². The van der Waals surface area contributed by atoms with Gasteiger partial charge in [0, 0.05) is 43.7 Å². The number of aromatic nitrogens is 2. The van der Waals surface area contributed by atoms with E-state index in [1.165, 1.54) is 49.2 Å². The maximum atomic E-state index is 6.37. The third kappa shape index (κ3) is 3.81. The molecule has 10 rings (SSSR count). The van der Waals surface area contributed by atoms with Crippen LogP contribution in [0.25, 0.3) is 94.1 Å². The lowest BCUT2D eigenvalue weighted by atomic mass is 10.0. The zero-order valence-corrected chi connectivity index (χ0v) is 25.5. The topological polar surface area (TPSA) is 23.0 Å². The second-order valence-electron chi connectivity index (χ2n) is 12.2. The molecule has 3 heterocycles. The first-order valence-electron chi connectivity index (χ1n) is 16.0.